The minimum absolute atomic E-state index is 0.0130. The maximum Gasteiger partial charge on any atom is 0.221 e. The largest absolute Gasteiger partial charge is 0.506 e. The molecule has 2 aromatic carbocycles. The summed E-state index contributed by atoms with van der Waals surface area (Å²) >= 11 is 11.8. The molecule has 0 saturated carbocycles. The van der Waals surface area contributed by atoms with Crippen molar-refractivity contribution in [2.75, 3.05) is 5.32 Å². The average Bonchev–Trinajstić information content (AvgIpc) is 2.42. The van der Waals surface area contributed by atoms with Crippen molar-refractivity contribution >= 4 is 34.8 Å². The van der Waals surface area contributed by atoms with Gasteiger partial charge in [-0.15, -0.1) is 0 Å². The van der Waals surface area contributed by atoms with Crippen molar-refractivity contribution in [3.63, 3.8) is 0 Å². The smallest absolute Gasteiger partial charge is 0.221 e. The summed E-state index contributed by atoms with van der Waals surface area (Å²) in [7, 11) is 0. The average molecular weight is 325 g/mol. The van der Waals surface area contributed by atoms with Gasteiger partial charge < -0.3 is 16.2 Å². The molecule has 2 rings (SSSR count). The van der Waals surface area contributed by atoms with Gasteiger partial charge in [-0.3, -0.25) is 4.79 Å². The van der Waals surface area contributed by atoms with Crippen LogP contribution in [0.15, 0.2) is 36.4 Å². The second-order valence-corrected chi connectivity index (χ2v) is 5.39. The lowest BCUT2D eigenvalue weighted by molar-refractivity contribution is -0.117. The molecule has 4 N–H and O–H groups in total. The minimum Gasteiger partial charge on any atom is -0.506 e. The highest BCUT2D eigenvalue weighted by Gasteiger charge is 2.09. The summed E-state index contributed by atoms with van der Waals surface area (Å²) < 4.78 is 0. The lowest BCUT2D eigenvalue weighted by Gasteiger charge is -2.13. The van der Waals surface area contributed by atoms with Gasteiger partial charge in [0.1, 0.15) is 5.75 Å². The van der Waals surface area contributed by atoms with E-state index in [2.05, 4.69) is 5.32 Å². The van der Waals surface area contributed by atoms with Crippen LogP contribution in [-0.2, 0) is 17.8 Å². The van der Waals surface area contributed by atoms with Gasteiger partial charge in [0, 0.05) is 22.8 Å². The molecule has 0 radical (unpaired) electrons. The Morgan fingerprint density at radius 1 is 1.19 bits per heavy atom. The number of phenols is 1. The van der Waals surface area contributed by atoms with E-state index >= 15 is 0 Å². The van der Waals surface area contributed by atoms with E-state index in [-0.39, 0.29) is 17.2 Å². The van der Waals surface area contributed by atoms with E-state index in [0.29, 0.717) is 17.1 Å². The van der Waals surface area contributed by atoms with Gasteiger partial charge in [-0.05, 0) is 23.8 Å². The maximum absolute atomic E-state index is 11.1. The Morgan fingerprint density at radius 2 is 1.90 bits per heavy atom. The first-order valence-electron chi connectivity index (χ1n) is 6.24. The highest BCUT2D eigenvalue weighted by molar-refractivity contribution is 6.35. The Morgan fingerprint density at radius 3 is 2.62 bits per heavy atom. The predicted molar refractivity (Wildman–Crippen MR) is 84.8 cm³/mol. The molecule has 0 fully saturated rings. The van der Waals surface area contributed by atoms with Crippen molar-refractivity contribution in [3.05, 3.63) is 57.6 Å². The van der Waals surface area contributed by atoms with Crippen LogP contribution in [0.4, 0.5) is 5.69 Å². The fourth-order valence-corrected chi connectivity index (χ4v) is 2.51. The molecule has 0 aliphatic heterocycles. The molecule has 0 aliphatic rings. The van der Waals surface area contributed by atoms with Crippen LogP contribution in [0.25, 0.3) is 0 Å². The van der Waals surface area contributed by atoms with E-state index < -0.39 is 5.91 Å². The first-order valence-corrected chi connectivity index (χ1v) is 7.00. The van der Waals surface area contributed by atoms with Gasteiger partial charge in [0.15, 0.2) is 0 Å². The summed E-state index contributed by atoms with van der Waals surface area (Å²) in [5.41, 5.74) is 7.35. The number of rotatable bonds is 5. The molecular weight excluding hydrogens is 311 g/mol. The number of hydrogen-bond donors (Lipinski definition) is 3. The number of nitrogens with two attached hydrogens (primary N) is 1. The molecule has 0 atom stereocenters. The summed E-state index contributed by atoms with van der Waals surface area (Å²) in [6.07, 6.45) is 0.144. The number of para-hydroxylation sites is 1. The Bertz CT molecular complexity index is 675. The van der Waals surface area contributed by atoms with E-state index in [4.69, 9.17) is 28.9 Å². The van der Waals surface area contributed by atoms with E-state index in [1.54, 1.807) is 6.07 Å². The molecule has 0 aliphatic carbocycles. The maximum atomic E-state index is 11.1. The lowest BCUT2D eigenvalue weighted by Crippen LogP contribution is -2.15. The molecule has 0 unspecified atom stereocenters. The van der Waals surface area contributed by atoms with Crippen LogP contribution in [0.1, 0.15) is 11.1 Å². The van der Waals surface area contributed by atoms with Crippen molar-refractivity contribution < 1.29 is 9.90 Å². The number of hydrogen-bond acceptors (Lipinski definition) is 3. The van der Waals surface area contributed by atoms with Crippen molar-refractivity contribution in [1.82, 2.24) is 0 Å². The van der Waals surface area contributed by atoms with Gasteiger partial charge in [-0.1, -0.05) is 41.4 Å². The predicted octanol–water partition coefficient (Wildman–Crippen LogP) is 3.34. The number of nitrogens with one attached hydrogen (secondary N) is 1. The van der Waals surface area contributed by atoms with E-state index in [1.807, 2.05) is 24.3 Å². The van der Waals surface area contributed by atoms with Crippen LogP contribution in [0.5, 0.6) is 5.75 Å². The molecule has 2 aromatic rings. The third kappa shape index (κ3) is 4.03. The topological polar surface area (TPSA) is 75.4 Å². The number of carbonyl (C=O) groups is 1. The molecule has 0 spiro atoms. The second kappa shape index (κ2) is 6.70. The summed E-state index contributed by atoms with van der Waals surface area (Å²) in [5.74, 6) is -0.418. The number of aromatic hydroxyl groups is 1. The number of carbonyl (C=O) groups excluding carboxylic acids is 1. The Hall–Kier alpha value is -1.91. The van der Waals surface area contributed by atoms with Crippen molar-refractivity contribution in [2.24, 2.45) is 5.73 Å². The second-order valence-electron chi connectivity index (χ2n) is 4.55. The van der Waals surface area contributed by atoms with Crippen LogP contribution in [0.3, 0.4) is 0 Å². The van der Waals surface area contributed by atoms with Gasteiger partial charge in [-0.25, -0.2) is 0 Å². The molecule has 0 saturated heterocycles. The quantitative estimate of drug-likeness (QED) is 0.789. The molecule has 1 amide bonds. The number of benzene rings is 2. The first kappa shape index (κ1) is 15.5. The normalized spacial score (nSPS) is 10.4. The zero-order valence-corrected chi connectivity index (χ0v) is 12.6. The molecule has 4 nitrogen and oxygen atoms in total. The Kier molecular flexibility index (Phi) is 4.94. The van der Waals surface area contributed by atoms with Gasteiger partial charge in [0.2, 0.25) is 5.91 Å². The van der Waals surface area contributed by atoms with Crippen LogP contribution >= 0.6 is 23.2 Å². The molecule has 110 valence electrons. The number of anilines is 1. The first-order chi connectivity index (χ1) is 9.97. The van der Waals surface area contributed by atoms with Crippen molar-refractivity contribution in [2.45, 2.75) is 13.0 Å². The van der Waals surface area contributed by atoms with Gasteiger partial charge in [0.25, 0.3) is 0 Å². The van der Waals surface area contributed by atoms with Crippen LogP contribution in [-0.4, -0.2) is 11.0 Å². The van der Waals surface area contributed by atoms with E-state index in [1.165, 1.54) is 6.07 Å². The molecule has 0 bridgehead atoms. The summed E-state index contributed by atoms with van der Waals surface area (Å²) in [4.78, 5) is 11.1. The zero-order valence-electron chi connectivity index (χ0n) is 11.1. The summed E-state index contributed by atoms with van der Waals surface area (Å²) in [6, 6.07) is 10.4. The fraction of sp³-hybridized carbons (Fsp3) is 0.133. The van der Waals surface area contributed by atoms with Crippen LogP contribution in [0, 0.1) is 0 Å². The minimum atomic E-state index is -0.405. The number of primary amides is 1. The third-order valence-electron chi connectivity index (χ3n) is 2.96. The lowest BCUT2D eigenvalue weighted by atomic mass is 10.1. The van der Waals surface area contributed by atoms with E-state index in [0.717, 1.165) is 11.3 Å². The van der Waals surface area contributed by atoms with Gasteiger partial charge in [-0.2, -0.15) is 0 Å². The summed E-state index contributed by atoms with van der Waals surface area (Å²) in [5, 5.41) is 13.7. The van der Waals surface area contributed by atoms with E-state index in [9.17, 15) is 9.90 Å². The van der Waals surface area contributed by atoms with Gasteiger partial charge in [0.05, 0.1) is 11.4 Å². The Labute approximate surface area is 132 Å². The molecular formula is C15H14Cl2N2O2. The number of phenolic OH excluding ortho intramolecular Hbond substituents is 1. The van der Waals surface area contributed by atoms with Crippen LogP contribution in [0.2, 0.25) is 10.0 Å². The standard InChI is InChI=1S/C15H14Cl2N2O2/c16-11-5-10(15(21)12(17)7-11)8-19-13-4-2-1-3-9(13)6-14(18)20/h1-5,7,19,21H,6,8H2,(H2,18,20). The highest BCUT2D eigenvalue weighted by Crippen LogP contribution is 2.31. The van der Waals surface area contributed by atoms with Gasteiger partial charge >= 0.3 is 0 Å². The zero-order chi connectivity index (χ0) is 15.4. The number of halogens is 2. The molecule has 0 aromatic heterocycles. The molecule has 6 heteroatoms. The SMILES string of the molecule is NC(=O)Cc1ccccc1NCc1cc(Cl)cc(Cl)c1O. The molecule has 21 heavy (non-hydrogen) atoms. The van der Waals surface area contributed by atoms with Crippen molar-refractivity contribution in [1.29, 1.82) is 0 Å². The molecule has 0 heterocycles. The summed E-state index contributed by atoms with van der Waals surface area (Å²) in [6.45, 7) is 0.321. The third-order valence-corrected chi connectivity index (χ3v) is 3.46. The fourth-order valence-electron chi connectivity index (χ4n) is 1.98. The Balaban J connectivity index is 2.19. The van der Waals surface area contributed by atoms with Crippen molar-refractivity contribution in [3.8, 4) is 5.75 Å². The monoisotopic (exact) mass is 324 g/mol. The highest BCUT2D eigenvalue weighted by atomic mass is 35.5. The number of amides is 1. The van der Waals surface area contributed by atoms with Crippen LogP contribution < -0.4 is 11.1 Å².